The highest BCUT2D eigenvalue weighted by molar-refractivity contribution is 4.84. The van der Waals surface area contributed by atoms with Gasteiger partial charge in [0.1, 0.15) is 0 Å². The summed E-state index contributed by atoms with van der Waals surface area (Å²) in [6.07, 6.45) is 2.34. The second kappa shape index (κ2) is 4.07. The molecule has 0 aromatic heterocycles. The Hall–Kier alpha value is -0.0800. The van der Waals surface area contributed by atoms with Gasteiger partial charge in [0.2, 0.25) is 0 Å². The largest absolute Gasteiger partial charge is 0.396 e. The Labute approximate surface area is 69.0 Å². The van der Waals surface area contributed by atoms with Crippen LogP contribution in [0.25, 0.3) is 0 Å². The topological polar surface area (TPSA) is 32.3 Å². The third kappa shape index (κ3) is 2.80. The van der Waals surface area contributed by atoms with Crippen LogP contribution < -0.4 is 5.32 Å². The zero-order valence-electron chi connectivity index (χ0n) is 7.51. The first-order valence-corrected chi connectivity index (χ1v) is 4.56. The van der Waals surface area contributed by atoms with Crippen LogP contribution in [0.1, 0.15) is 26.7 Å². The molecule has 0 spiro atoms. The van der Waals surface area contributed by atoms with Crippen molar-refractivity contribution in [3.63, 3.8) is 0 Å². The Morgan fingerprint density at radius 1 is 1.45 bits per heavy atom. The lowest BCUT2D eigenvalue weighted by Gasteiger charge is -2.35. The molecule has 1 rings (SSSR count). The minimum atomic E-state index is 0.375. The molecule has 2 N–H and O–H groups in total. The van der Waals surface area contributed by atoms with Gasteiger partial charge < -0.3 is 10.4 Å². The van der Waals surface area contributed by atoms with Gasteiger partial charge in [-0.1, -0.05) is 13.8 Å². The molecule has 1 aliphatic rings. The first-order valence-electron chi connectivity index (χ1n) is 4.56. The van der Waals surface area contributed by atoms with E-state index in [-0.39, 0.29) is 0 Å². The van der Waals surface area contributed by atoms with Crippen LogP contribution in [0.2, 0.25) is 0 Å². The third-order valence-electron chi connectivity index (χ3n) is 2.31. The predicted molar refractivity (Wildman–Crippen MR) is 46.4 cm³/mol. The second-order valence-corrected chi connectivity index (χ2v) is 4.02. The zero-order chi connectivity index (χ0) is 8.27. The van der Waals surface area contributed by atoms with E-state index in [1.54, 1.807) is 0 Å². The van der Waals surface area contributed by atoms with Gasteiger partial charge in [-0.3, -0.25) is 0 Å². The highest BCUT2D eigenvalue weighted by atomic mass is 16.3. The standard InChI is InChI=1S/C9H19NO/c1-7(2)5-10-9-3-8(4-9)6-11/h7-11H,3-6H2,1-2H3/t8-,9+. The van der Waals surface area contributed by atoms with Gasteiger partial charge >= 0.3 is 0 Å². The smallest absolute Gasteiger partial charge is 0.0460 e. The fourth-order valence-electron chi connectivity index (χ4n) is 1.45. The summed E-state index contributed by atoms with van der Waals surface area (Å²) in [6.45, 7) is 5.92. The molecular formula is C9H19NO. The van der Waals surface area contributed by atoms with E-state index < -0.39 is 0 Å². The maximum Gasteiger partial charge on any atom is 0.0460 e. The molecule has 1 aliphatic carbocycles. The number of hydrogen-bond donors (Lipinski definition) is 2. The summed E-state index contributed by atoms with van der Waals surface area (Å²) in [6, 6.07) is 0.689. The second-order valence-electron chi connectivity index (χ2n) is 4.02. The van der Waals surface area contributed by atoms with Crippen LogP contribution in [0.4, 0.5) is 0 Å². The number of nitrogens with one attached hydrogen (secondary N) is 1. The van der Waals surface area contributed by atoms with Gasteiger partial charge in [0, 0.05) is 12.6 Å². The fourth-order valence-corrected chi connectivity index (χ4v) is 1.45. The monoisotopic (exact) mass is 157 g/mol. The van der Waals surface area contributed by atoms with Crippen LogP contribution in [0.5, 0.6) is 0 Å². The van der Waals surface area contributed by atoms with Crippen LogP contribution in [-0.4, -0.2) is 24.3 Å². The molecule has 66 valence electrons. The SMILES string of the molecule is CC(C)CN[C@H]1C[C@@H](CO)C1. The highest BCUT2D eigenvalue weighted by Crippen LogP contribution is 2.26. The van der Waals surface area contributed by atoms with Crippen LogP contribution in [-0.2, 0) is 0 Å². The molecular weight excluding hydrogens is 138 g/mol. The lowest BCUT2D eigenvalue weighted by atomic mass is 9.81. The molecule has 11 heavy (non-hydrogen) atoms. The molecule has 0 atom stereocenters. The van der Waals surface area contributed by atoms with Crippen LogP contribution >= 0.6 is 0 Å². The first-order chi connectivity index (χ1) is 5.22. The minimum absolute atomic E-state index is 0.375. The number of hydrogen-bond acceptors (Lipinski definition) is 2. The summed E-state index contributed by atoms with van der Waals surface area (Å²) >= 11 is 0. The average molecular weight is 157 g/mol. The summed E-state index contributed by atoms with van der Waals surface area (Å²) < 4.78 is 0. The first kappa shape index (κ1) is 9.01. The zero-order valence-corrected chi connectivity index (χ0v) is 7.51. The Morgan fingerprint density at radius 2 is 2.09 bits per heavy atom. The molecule has 0 bridgehead atoms. The van der Waals surface area contributed by atoms with Crippen molar-refractivity contribution in [1.29, 1.82) is 0 Å². The molecule has 1 fully saturated rings. The lowest BCUT2D eigenvalue weighted by molar-refractivity contribution is 0.125. The molecule has 0 aliphatic heterocycles. The van der Waals surface area contributed by atoms with Gasteiger partial charge in [0.15, 0.2) is 0 Å². The van der Waals surface area contributed by atoms with Gasteiger partial charge in [-0.05, 0) is 31.2 Å². The summed E-state index contributed by atoms with van der Waals surface area (Å²) in [5.74, 6) is 1.32. The Morgan fingerprint density at radius 3 is 2.55 bits per heavy atom. The van der Waals surface area contributed by atoms with E-state index in [9.17, 15) is 0 Å². The molecule has 0 saturated heterocycles. The van der Waals surface area contributed by atoms with Crippen LogP contribution in [0, 0.1) is 11.8 Å². The Balaban J connectivity index is 1.96. The van der Waals surface area contributed by atoms with Crippen LogP contribution in [0.3, 0.4) is 0 Å². The van der Waals surface area contributed by atoms with E-state index in [0.717, 1.165) is 12.5 Å². The van der Waals surface area contributed by atoms with Crippen molar-refractivity contribution in [3.05, 3.63) is 0 Å². The van der Waals surface area contributed by atoms with E-state index in [1.165, 1.54) is 12.8 Å². The van der Waals surface area contributed by atoms with Crippen molar-refractivity contribution >= 4 is 0 Å². The van der Waals surface area contributed by atoms with E-state index in [0.29, 0.717) is 18.6 Å². The van der Waals surface area contributed by atoms with Gasteiger partial charge in [-0.2, -0.15) is 0 Å². The maximum atomic E-state index is 8.75. The maximum absolute atomic E-state index is 8.75. The van der Waals surface area contributed by atoms with E-state index >= 15 is 0 Å². The van der Waals surface area contributed by atoms with E-state index in [1.807, 2.05) is 0 Å². The Kier molecular flexibility index (Phi) is 3.34. The Bertz CT molecular complexity index is 108. The minimum Gasteiger partial charge on any atom is -0.396 e. The highest BCUT2D eigenvalue weighted by Gasteiger charge is 2.27. The quantitative estimate of drug-likeness (QED) is 0.638. The van der Waals surface area contributed by atoms with Gasteiger partial charge in [-0.15, -0.1) is 0 Å². The third-order valence-corrected chi connectivity index (χ3v) is 2.31. The average Bonchev–Trinajstić information content (AvgIpc) is 1.84. The molecule has 0 aromatic carbocycles. The normalized spacial score (nSPS) is 30.5. The number of aliphatic hydroxyl groups excluding tert-OH is 1. The van der Waals surface area contributed by atoms with Crippen molar-refractivity contribution in [2.75, 3.05) is 13.2 Å². The summed E-state index contributed by atoms with van der Waals surface area (Å²) in [5.41, 5.74) is 0. The van der Waals surface area contributed by atoms with Gasteiger partial charge in [0.25, 0.3) is 0 Å². The number of aliphatic hydroxyl groups is 1. The molecule has 2 nitrogen and oxygen atoms in total. The summed E-state index contributed by atoms with van der Waals surface area (Å²) in [4.78, 5) is 0. The van der Waals surface area contributed by atoms with Crippen LogP contribution in [0.15, 0.2) is 0 Å². The van der Waals surface area contributed by atoms with E-state index in [4.69, 9.17) is 5.11 Å². The van der Waals surface area contributed by atoms with Crippen molar-refractivity contribution in [2.24, 2.45) is 11.8 Å². The van der Waals surface area contributed by atoms with Gasteiger partial charge in [0.05, 0.1) is 0 Å². The lowest BCUT2D eigenvalue weighted by Crippen LogP contribution is -2.43. The molecule has 2 heteroatoms. The molecule has 0 heterocycles. The van der Waals surface area contributed by atoms with Crippen molar-refractivity contribution in [3.8, 4) is 0 Å². The molecule has 0 radical (unpaired) electrons. The molecule has 0 unspecified atom stereocenters. The predicted octanol–water partition coefficient (Wildman–Crippen LogP) is 1.00. The van der Waals surface area contributed by atoms with Gasteiger partial charge in [-0.25, -0.2) is 0 Å². The molecule has 0 aromatic rings. The van der Waals surface area contributed by atoms with Crippen molar-refractivity contribution in [1.82, 2.24) is 5.32 Å². The summed E-state index contributed by atoms with van der Waals surface area (Å²) in [5, 5.41) is 12.2. The number of rotatable bonds is 4. The summed E-state index contributed by atoms with van der Waals surface area (Å²) in [7, 11) is 0. The van der Waals surface area contributed by atoms with Crippen molar-refractivity contribution in [2.45, 2.75) is 32.7 Å². The van der Waals surface area contributed by atoms with E-state index in [2.05, 4.69) is 19.2 Å². The van der Waals surface area contributed by atoms with Crippen molar-refractivity contribution < 1.29 is 5.11 Å². The molecule has 0 amide bonds. The molecule has 1 saturated carbocycles. The fraction of sp³-hybridized carbons (Fsp3) is 1.00.